The fourth-order valence-corrected chi connectivity index (χ4v) is 3.19. The van der Waals surface area contributed by atoms with E-state index in [2.05, 4.69) is 24.9 Å². The van der Waals surface area contributed by atoms with Crippen molar-refractivity contribution in [3.05, 3.63) is 34.2 Å². The molecule has 0 radical (unpaired) electrons. The zero-order valence-corrected chi connectivity index (χ0v) is 10.4. The monoisotopic (exact) mass is 230 g/mol. The number of aryl methyl sites for hydroxylation is 1. The first kappa shape index (κ1) is 10.6. The van der Waals surface area contributed by atoms with E-state index >= 15 is 0 Å². The number of aromatic amines is 1. The van der Waals surface area contributed by atoms with E-state index < -0.39 is 0 Å². The van der Waals surface area contributed by atoms with Crippen molar-refractivity contribution in [3.63, 3.8) is 0 Å². The van der Waals surface area contributed by atoms with Crippen molar-refractivity contribution in [2.45, 2.75) is 39.2 Å². The molecule has 1 N–H and O–H groups in total. The van der Waals surface area contributed by atoms with Crippen LogP contribution in [-0.4, -0.2) is 9.55 Å². The predicted octanol–water partition coefficient (Wildman–Crippen LogP) is 2.86. The molecule has 0 saturated heterocycles. The summed E-state index contributed by atoms with van der Waals surface area (Å²) in [6, 6.07) is 6.22. The van der Waals surface area contributed by atoms with Gasteiger partial charge < -0.3 is 4.98 Å². The molecule has 0 aliphatic carbocycles. The van der Waals surface area contributed by atoms with Gasteiger partial charge in [0.1, 0.15) is 0 Å². The maximum Gasteiger partial charge on any atom is 0.326 e. The van der Waals surface area contributed by atoms with Gasteiger partial charge in [0.15, 0.2) is 0 Å². The molecule has 2 unspecified atom stereocenters. The van der Waals surface area contributed by atoms with Gasteiger partial charge in [-0.1, -0.05) is 32.4 Å². The van der Waals surface area contributed by atoms with E-state index in [4.69, 9.17) is 0 Å². The Bertz CT molecular complexity index is 608. The molecular formula is C14H18N2O. The van der Waals surface area contributed by atoms with Gasteiger partial charge in [-0.05, 0) is 29.9 Å². The third-order valence-corrected chi connectivity index (χ3v) is 4.27. The number of rotatable bonds is 1. The van der Waals surface area contributed by atoms with Crippen molar-refractivity contribution < 1.29 is 0 Å². The van der Waals surface area contributed by atoms with E-state index in [0.29, 0.717) is 11.8 Å². The van der Waals surface area contributed by atoms with Crippen LogP contribution in [0.4, 0.5) is 0 Å². The minimum absolute atomic E-state index is 0.0383. The average molecular weight is 230 g/mol. The maximum atomic E-state index is 11.9. The van der Waals surface area contributed by atoms with E-state index in [0.717, 1.165) is 24.0 Å². The standard InChI is InChI=1S/C14H18N2O/c1-3-10-7-8-16-13-11(9(10)2)5-4-6-12(13)15-14(16)17/h4-6,9-10H,3,7-8H2,1-2H3,(H,15,17). The minimum atomic E-state index is 0.0383. The van der Waals surface area contributed by atoms with Crippen molar-refractivity contribution in [1.29, 1.82) is 0 Å². The second kappa shape index (κ2) is 3.76. The number of para-hydroxylation sites is 1. The van der Waals surface area contributed by atoms with E-state index in [-0.39, 0.29) is 5.69 Å². The van der Waals surface area contributed by atoms with Gasteiger partial charge in [0, 0.05) is 6.54 Å². The largest absolute Gasteiger partial charge is 0.326 e. The van der Waals surface area contributed by atoms with Crippen LogP contribution in [0.25, 0.3) is 11.0 Å². The first-order valence-electron chi connectivity index (χ1n) is 6.43. The van der Waals surface area contributed by atoms with Gasteiger partial charge in [0.25, 0.3) is 0 Å². The smallest absolute Gasteiger partial charge is 0.306 e. The summed E-state index contributed by atoms with van der Waals surface area (Å²) >= 11 is 0. The molecule has 1 aliphatic rings. The van der Waals surface area contributed by atoms with Crippen molar-refractivity contribution in [2.24, 2.45) is 5.92 Å². The number of nitrogens with one attached hydrogen (secondary N) is 1. The Hall–Kier alpha value is -1.51. The Kier molecular flexibility index (Phi) is 2.35. The molecule has 2 aromatic rings. The Balaban J connectivity index is 2.32. The van der Waals surface area contributed by atoms with Crippen LogP contribution in [0.1, 0.15) is 38.2 Å². The third-order valence-electron chi connectivity index (χ3n) is 4.27. The van der Waals surface area contributed by atoms with Crippen LogP contribution >= 0.6 is 0 Å². The summed E-state index contributed by atoms with van der Waals surface area (Å²) in [5.41, 5.74) is 3.47. The van der Waals surface area contributed by atoms with Crippen LogP contribution in [0, 0.1) is 5.92 Å². The number of hydrogen-bond donors (Lipinski definition) is 1. The van der Waals surface area contributed by atoms with Crippen LogP contribution in [0.2, 0.25) is 0 Å². The van der Waals surface area contributed by atoms with Crippen molar-refractivity contribution in [1.82, 2.24) is 9.55 Å². The van der Waals surface area contributed by atoms with Gasteiger partial charge in [-0.2, -0.15) is 0 Å². The second-order valence-electron chi connectivity index (χ2n) is 5.07. The summed E-state index contributed by atoms with van der Waals surface area (Å²) < 4.78 is 1.91. The van der Waals surface area contributed by atoms with Crippen LogP contribution in [0.3, 0.4) is 0 Å². The van der Waals surface area contributed by atoms with E-state index in [1.165, 1.54) is 12.0 Å². The highest BCUT2D eigenvalue weighted by atomic mass is 16.1. The van der Waals surface area contributed by atoms with Crippen LogP contribution < -0.4 is 5.69 Å². The lowest BCUT2D eigenvalue weighted by molar-refractivity contribution is 0.390. The number of imidazole rings is 1. The summed E-state index contributed by atoms with van der Waals surface area (Å²) in [4.78, 5) is 14.9. The van der Waals surface area contributed by atoms with Crippen molar-refractivity contribution in [3.8, 4) is 0 Å². The number of benzene rings is 1. The van der Waals surface area contributed by atoms with Crippen LogP contribution in [-0.2, 0) is 6.54 Å². The number of aromatic nitrogens is 2. The molecule has 2 atom stereocenters. The van der Waals surface area contributed by atoms with Crippen LogP contribution in [0.15, 0.2) is 23.0 Å². The number of hydrogen-bond acceptors (Lipinski definition) is 1. The zero-order chi connectivity index (χ0) is 12.0. The molecule has 2 heterocycles. The Morgan fingerprint density at radius 3 is 3.06 bits per heavy atom. The lowest BCUT2D eigenvalue weighted by atomic mass is 9.84. The van der Waals surface area contributed by atoms with E-state index in [1.807, 2.05) is 16.7 Å². The highest BCUT2D eigenvalue weighted by molar-refractivity contribution is 5.79. The molecule has 0 fully saturated rings. The highest BCUT2D eigenvalue weighted by Crippen LogP contribution is 2.36. The summed E-state index contributed by atoms with van der Waals surface area (Å²) in [5, 5.41) is 0. The average Bonchev–Trinajstić information content (AvgIpc) is 2.56. The molecule has 90 valence electrons. The molecule has 17 heavy (non-hydrogen) atoms. The minimum Gasteiger partial charge on any atom is -0.306 e. The topological polar surface area (TPSA) is 37.8 Å². The predicted molar refractivity (Wildman–Crippen MR) is 69.4 cm³/mol. The molecule has 1 aliphatic heterocycles. The Morgan fingerprint density at radius 1 is 1.47 bits per heavy atom. The third kappa shape index (κ3) is 1.45. The lowest BCUT2D eigenvalue weighted by Gasteiger charge is -2.20. The first-order valence-corrected chi connectivity index (χ1v) is 6.43. The number of H-pyrrole nitrogens is 1. The molecule has 0 bridgehead atoms. The molecule has 0 spiro atoms. The van der Waals surface area contributed by atoms with Gasteiger partial charge in [0.05, 0.1) is 11.0 Å². The quantitative estimate of drug-likeness (QED) is 0.803. The normalized spacial score (nSPS) is 23.9. The SMILES string of the molecule is CCC1CCn2c(=O)[nH]c3cccc(c32)C1C. The molecule has 3 rings (SSSR count). The van der Waals surface area contributed by atoms with Crippen LogP contribution in [0.5, 0.6) is 0 Å². The maximum absolute atomic E-state index is 11.9. The summed E-state index contributed by atoms with van der Waals surface area (Å²) in [5.74, 6) is 1.22. The van der Waals surface area contributed by atoms with Crippen molar-refractivity contribution >= 4 is 11.0 Å². The van der Waals surface area contributed by atoms with E-state index in [9.17, 15) is 4.79 Å². The first-order chi connectivity index (χ1) is 8.22. The zero-order valence-electron chi connectivity index (χ0n) is 10.4. The van der Waals surface area contributed by atoms with Gasteiger partial charge in [0.2, 0.25) is 0 Å². The highest BCUT2D eigenvalue weighted by Gasteiger charge is 2.25. The second-order valence-corrected chi connectivity index (χ2v) is 5.07. The number of nitrogens with zero attached hydrogens (tertiary/aromatic N) is 1. The molecule has 3 heteroatoms. The molecule has 0 saturated carbocycles. The Labute approximate surface area is 100 Å². The van der Waals surface area contributed by atoms with E-state index in [1.54, 1.807) is 0 Å². The lowest BCUT2D eigenvalue weighted by Crippen LogP contribution is -2.17. The molecule has 1 aromatic carbocycles. The fourth-order valence-electron chi connectivity index (χ4n) is 3.19. The molecule has 0 amide bonds. The summed E-state index contributed by atoms with van der Waals surface area (Å²) in [6.45, 7) is 5.38. The summed E-state index contributed by atoms with van der Waals surface area (Å²) in [7, 11) is 0. The van der Waals surface area contributed by atoms with Gasteiger partial charge >= 0.3 is 5.69 Å². The van der Waals surface area contributed by atoms with Gasteiger partial charge in [-0.3, -0.25) is 4.57 Å². The summed E-state index contributed by atoms with van der Waals surface area (Å²) in [6.07, 6.45) is 2.28. The van der Waals surface area contributed by atoms with Gasteiger partial charge in [-0.15, -0.1) is 0 Å². The van der Waals surface area contributed by atoms with Gasteiger partial charge in [-0.25, -0.2) is 4.79 Å². The van der Waals surface area contributed by atoms with Crippen molar-refractivity contribution in [2.75, 3.05) is 0 Å². The molecule has 1 aromatic heterocycles. The molecular weight excluding hydrogens is 212 g/mol. The Morgan fingerprint density at radius 2 is 2.29 bits per heavy atom. The molecule has 3 nitrogen and oxygen atoms in total. The fraction of sp³-hybridized carbons (Fsp3) is 0.500.